The van der Waals surface area contributed by atoms with Gasteiger partial charge in [0.15, 0.2) is 88.6 Å². The predicted octanol–water partition coefficient (Wildman–Crippen LogP) is 8.73. The summed E-state index contributed by atoms with van der Waals surface area (Å²) in [5.41, 5.74) is -4.89. The lowest BCUT2D eigenvalue weighted by molar-refractivity contribution is -0.0629. The topological polar surface area (TPSA) is 554 Å². The van der Waals surface area contributed by atoms with Crippen molar-refractivity contribution in [1.82, 2.24) is 99.8 Å². The van der Waals surface area contributed by atoms with Crippen LogP contribution in [0.25, 0.3) is 44.7 Å². The number of fused-ring (bicyclic) bond motifs is 4. The van der Waals surface area contributed by atoms with Crippen LogP contribution >= 0.6 is 47.0 Å². The number of halogens is 4. The van der Waals surface area contributed by atoms with Crippen LogP contribution in [0, 0.1) is 51.0 Å². The summed E-state index contributed by atoms with van der Waals surface area (Å²) >= 11 is 2.52. The van der Waals surface area contributed by atoms with E-state index >= 15 is 0 Å². The quantitative estimate of drug-likeness (QED) is 0.00969. The molecule has 0 bridgehead atoms. The Hall–Kier alpha value is -9.52. The number of hydrogen-bond acceptors (Lipinski definition) is 40. The molecule has 0 unspecified atom stereocenters. The Morgan fingerprint density at radius 1 is 0.347 bits per heavy atom. The molecule has 40 nitrogen and oxygen atoms in total. The van der Waals surface area contributed by atoms with Gasteiger partial charge in [-0.2, -0.15) is 0 Å². The van der Waals surface area contributed by atoms with Crippen LogP contribution in [0.2, 0.25) is 0 Å². The number of aliphatic hydroxyl groups excluding tert-OH is 10. The third-order valence-corrected chi connectivity index (χ3v) is 28.0. The number of aromatic nitrogens is 20. The second kappa shape index (κ2) is 47.3. The zero-order valence-corrected chi connectivity index (χ0v) is 81.6. The molecule has 776 valence electrons. The highest BCUT2D eigenvalue weighted by Gasteiger charge is 2.51. The number of nitrogens with one attached hydrogen (secondary N) is 4. The van der Waals surface area contributed by atoms with Gasteiger partial charge in [0, 0.05) is 115 Å². The maximum absolute atomic E-state index is 14.3. The molecule has 0 spiro atoms. The van der Waals surface area contributed by atoms with E-state index in [4.69, 9.17) is 59.7 Å². The maximum Gasteiger partial charge on any atom is 0.191 e. The molecule has 20 rings (SSSR count). The van der Waals surface area contributed by atoms with E-state index in [1.54, 1.807) is 84.9 Å². The Bertz CT molecular complexity index is 7860. The van der Waals surface area contributed by atoms with Crippen molar-refractivity contribution in [1.29, 1.82) is 0 Å². The third-order valence-electron chi connectivity index (χ3n) is 24.9. The molecule has 4 aromatic carbocycles. The van der Waals surface area contributed by atoms with Gasteiger partial charge in [0.1, 0.15) is 72.1 Å². The molecule has 8 fully saturated rings. The largest absolute Gasteiger partial charge is 0.394 e. The lowest BCUT2D eigenvalue weighted by Gasteiger charge is -2.17. The smallest absolute Gasteiger partial charge is 0.191 e. The summed E-state index contributed by atoms with van der Waals surface area (Å²) in [6, 6.07) is 6.73. The molecule has 8 aliphatic carbocycles. The number of benzene rings is 4. The molecule has 0 saturated heterocycles. The van der Waals surface area contributed by atoms with E-state index in [0.717, 1.165) is 35.1 Å². The third kappa shape index (κ3) is 23.8. The zero-order chi connectivity index (χ0) is 125. The van der Waals surface area contributed by atoms with Gasteiger partial charge < -0.3 is 101 Å². The van der Waals surface area contributed by atoms with Crippen LogP contribution in [0.15, 0.2) is 93.4 Å². The number of ether oxygens (including phenoxy) is 4. The van der Waals surface area contributed by atoms with Gasteiger partial charge in [-0.1, -0.05) is 144 Å². The fourth-order valence-electron chi connectivity index (χ4n) is 17.0. The Balaban J connectivity index is 0.000000151. The number of hydrogen-bond donors (Lipinski definition) is 16. The van der Waals surface area contributed by atoms with Gasteiger partial charge in [0.2, 0.25) is 0 Å². The van der Waals surface area contributed by atoms with Crippen molar-refractivity contribution in [2.24, 2.45) is 0 Å². The Labute approximate surface area is 880 Å². The van der Waals surface area contributed by atoms with Crippen molar-refractivity contribution >= 4 is 115 Å². The minimum atomic E-state index is -3.42. The lowest BCUT2D eigenvalue weighted by Crippen LogP contribution is -2.33. The van der Waals surface area contributed by atoms with E-state index in [1.807, 2.05) is 0 Å². The number of aliphatic hydroxyl groups is 12. The average Bonchev–Trinajstić information content (AvgIpc) is 1.54. The second-order valence-corrected chi connectivity index (χ2v) is 37.8. The van der Waals surface area contributed by atoms with Gasteiger partial charge in [-0.15, -0.1) is 20.4 Å². The van der Waals surface area contributed by atoms with Gasteiger partial charge >= 0.3 is 0 Å². The molecular formula is C96H124F4N24O16S4. The Morgan fingerprint density at radius 2 is 0.618 bits per heavy atom. The van der Waals surface area contributed by atoms with E-state index in [1.165, 1.54) is 50.4 Å². The Morgan fingerprint density at radius 3 is 0.868 bits per heavy atom. The molecule has 0 aliphatic heterocycles. The van der Waals surface area contributed by atoms with Crippen molar-refractivity contribution in [3.63, 3.8) is 0 Å². The summed E-state index contributed by atoms with van der Waals surface area (Å²) in [6.45, 7) is -1.43. The molecule has 12 aromatic rings. The number of anilines is 4. The van der Waals surface area contributed by atoms with Gasteiger partial charge in [-0.3, -0.25) is 0 Å². The number of thioether (sulfide) groups is 4. The van der Waals surface area contributed by atoms with E-state index < -0.39 is 237 Å². The summed E-state index contributed by atoms with van der Waals surface area (Å²) in [7, 11) is 0. The molecule has 8 aromatic heterocycles. The zero-order valence-electron chi connectivity index (χ0n) is 104. The van der Waals surface area contributed by atoms with Crippen molar-refractivity contribution < 1.29 is 133 Å². The molecule has 144 heavy (non-hydrogen) atoms. The average molecular weight is 2100 g/mol. The molecule has 24 atom stereocenters. The number of rotatable bonds is 40. The first-order valence-electron chi connectivity index (χ1n) is 58.9. The van der Waals surface area contributed by atoms with Crippen LogP contribution in [0.1, 0.15) is 233 Å². The standard InChI is InChI=1S/4C24H31FN6O4S/c4*1-3-8-36-24-27-22(26-16-10-14(16)13-5-4-12(2)15(25)9-13)19-23(28-24)31(30-29-19)17-11-18(35-7-6-32)21(34)20(17)33/h4*4-5,9,14,16-18,20-21,32-34H,3,6-8,10-11H2,1-2H3,(H,26,27,28)/t4*14-,16+,17+,18-,20-,21+/m0000/s1/i6D2,7D2,8D2,14D,16D;7D2,8D2,14D,16D;6D2,8D2,14D,16D;3D2,8D2,14D,16D. The van der Waals surface area contributed by atoms with Crippen LogP contribution in [-0.4, -0.2) is 334 Å². The molecule has 0 amide bonds. The van der Waals surface area contributed by atoms with E-state index in [9.17, 15) is 73.7 Å². The summed E-state index contributed by atoms with van der Waals surface area (Å²) in [5.74, 6) is -8.35. The first-order chi connectivity index (χ1) is 78.7. The van der Waals surface area contributed by atoms with Gasteiger partial charge in [0.05, 0.1) is 118 Å². The minimum absolute atomic E-state index is 0.00253. The SMILES string of the molecule is [2H]C([2H])(C)C([2H])([2H])Sc1nc(N[C@]2([2H])C[C@@]2([2H])c2ccc(C)c(F)c2)c2nnn([C@@H]3C[C@H](OCCO)[C@@H](O)[C@H]3O)c2n1.[2H]C([2H])(CC)Sc1nc(N[C@]2([2H])C[C@@]2([2H])c2ccc(C)c(F)c2)c2nnn([C@@H]3C[C@H](OC([2H])([2H])C([2H])([2H])O)[C@@H](O)[C@H]3O)c2n1.[2H]C([2H])(CO)O[C@H]1C[C@@H](n2nnc3c(N[C@]4([2H])C[C@@]4([2H])c4ccc(C)c(F)c4)nc(SC([2H])([2H])CC)nc32)[C@H](O)[C@@H]1O.[2H]C([2H])(O)CO[C@H]1C[C@@H](n2nnc3c(N[C@]4([2H])C[C@@]4([2H])c4ccc(C)c(F)c4)nc(SC([2H])([2H])CC)nc32)[C@H](O)[C@@H]1O. The van der Waals surface area contributed by atoms with E-state index in [0.29, 0.717) is 56.9 Å². The first-order valence-corrected chi connectivity index (χ1v) is 49.2. The summed E-state index contributed by atoms with van der Waals surface area (Å²) in [5, 5.41) is 167. The first kappa shape index (κ1) is 76.9. The van der Waals surface area contributed by atoms with Crippen molar-refractivity contribution in [2.75, 3.05) is 96.8 Å². The number of nitrogens with zero attached hydrogens (tertiary/aromatic N) is 20. The Kier molecular flexibility index (Phi) is 25.3. The molecule has 8 saturated carbocycles. The molecular weight excluding hydrogens is 1950 g/mol. The van der Waals surface area contributed by atoms with Gasteiger partial charge in [-0.05, 0) is 148 Å². The van der Waals surface area contributed by atoms with Crippen molar-refractivity contribution in [3.8, 4) is 0 Å². The monoisotopic (exact) mass is 2100 g/mol. The van der Waals surface area contributed by atoms with Crippen LogP contribution in [-0.2, 0) is 18.9 Å². The number of aryl methyl sites for hydroxylation is 4. The molecule has 8 heterocycles. The lowest BCUT2D eigenvalue weighted by atomic mass is 10.1. The highest BCUT2D eigenvalue weighted by atomic mass is 32.2. The fourth-order valence-corrected chi connectivity index (χ4v) is 19.1. The predicted molar refractivity (Wildman–Crippen MR) is 530 cm³/mol. The van der Waals surface area contributed by atoms with Crippen LogP contribution in [0.5, 0.6) is 0 Å². The van der Waals surface area contributed by atoms with Crippen LogP contribution < -0.4 is 21.3 Å². The maximum atomic E-state index is 14.3. The van der Waals surface area contributed by atoms with Gasteiger partial charge in [-0.25, -0.2) is 76.2 Å². The normalized spacial score (nSPS) is 35.2. The summed E-state index contributed by atoms with van der Waals surface area (Å²) in [4.78, 5) is 35.1. The highest BCUT2D eigenvalue weighted by molar-refractivity contribution is 7.99. The minimum Gasteiger partial charge on any atom is -0.394 e. The van der Waals surface area contributed by atoms with Crippen molar-refractivity contribution in [3.05, 3.63) is 141 Å². The van der Waals surface area contributed by atoms with Crippen molar-refractivity contribution in [2.45, 2.75) is 298 Å². The molecule has 48 heteroatoms. The van der Waals surface area contributed by atoms with Crippen LogP contribution in [0.3, 0.4) is 0 Å². The van der Waals surface area contributed by atoms with E-state index in [2.05, 4.69) is 102 Å². The fraction of sp³-hybridized carbons (Fsp3) is 0.583. The summed E-state index contributed by atoms with van der Waals surface area (Å²) in [6.07, 6.45) is -18.9. The van der Waals surface area contributed by atoms with E-state index in [-0.39, 0.29) is 184 Å². The second-order valence-electron chi connectivity index (χ2n) is 34.5. The highest BCUT2D eigenvalue weighted by Crippen LogP contribution is 2.50. The summed E-state index contributed by atoms with van der Waals surface area (Å²) < 4.78 is 296. The molecule has 8 aliphatic rings. The van der Waals surface area contributed by atoms with Gasteiger partial charge in [0.25, 0.3) is 0 Å². The van der Waals surface area contributed by atoms with Crippen LogP contribution in [0.4, 0.5) is 40.8 Å². The molecule has 0 radical (unpaired) electrons. The molecule has 16 N–H and O–H groups in total.